The van der Waals surface area contributed by atoms with Gasteiger partial charge in [0.1, 0.15) is 11.6 Å². The summed E-state index contributed by atoms with van der Waals surface area (Å²) >= 11 is 3.42. The van der Waals surface area contributed by atoms with Crippen LogP contribution in [0, 0.1) is 19.7 Å². The van der Waals surface area contributed by atoms with E-state index >= 15 is 0 Å². The molecule has 146 valence electrons. The molecule has 0 aliphatic carbocycles. The number of amides is 2. The van der Waals surface area contributed by atoms with Crippen LogP contribution in [0.4, 0.5) is 15.0 Å². The van der Waals surface area contributed by atoms with Crippen LogP contribution in [0.25, 0.3) is 5.69 Å². The number of carbonyl (C=O) groups excluding carboxylic acids is 1. The van der Waals surface area contributed by atoms with Gasteiger partial charge in [0.05, 0.1) is 17.4 Å². The van der Waals surface area contributed by atoms with E-state index in [0.717, 1.165) is 21.4 Å². The molecule has 0 aliphatic heterocycles. The van der Waals surface area contributed by atoms with Gasteiger partial charge < -0.3 is 4.90 Å². The van der Waals surface area contributed by atoms with Crippen LogP contribution in [-0.2, 0) is 0 Å². The molecule has 28 heavy (non-hydrogen) atoms. The molecule has 2 aromatic carbocycles. The normalized spacial score (nSPS) is 11.9. The Bertz CT molecular complexity index is 1000. The Kier molecular flexibility index (Phi) is 5.84. The van der Waals surface area contributed by atoms with E-state index in [0.29, 0.717) is 11.4 Å². The molecule has 0 unspecified atom stereocenters. The number of urea groups is 1. The quantitative estimate of drug-likeness (QED) is 0.567. The molecular weight excluding hydrogens is 423 g/mol. The standard InChI is InChI=1S/C21H22BrFN4O/c1-13-14(2)25-27(17-11-9-16(22)10-12-17)20(13)24-21(28)26(4)15(3)18-7-5-6-8-19(18)23/h5-12,15H,1-4H3,(H,24,28)/t15-/m1/s1. The highest BCUT2D eigenvalue weighted by Crippen LogP contribution is 2.26. The second-order valence-corrected chi connectivity index (χ2v) is 7.60. The third kappa shape index (κ3) is 3.94. The second kappa shape index (κ2) is 8.14. The Balaban J connectivity index is 1.88. The molecule has 3 aromatic rings. The molecule has 1 aromatic heterocycles. The molecule has 0 aliphatic rings. The van der Waals surface area contributed by atoms with Crippen LogP contribution in [0.3, 0.4) is 0 Å². The minimum absolute atomic E-state index is 0.332. The van der Waals surface area contributed by atoms with Crippen molar-refractivity contribution < 1.29 is 9.18 Å². The first-order valence-electron chi connectivity index (χ1n) is 8.90. The number of anilines is 1. The minimum atomic E-state index is -0.424. The predicted octanol–water partition coefficient (Wildman–Crippen LogP) is 5.62. The number of aryl methyl sites for hydroxylation is 1. The minimum Gasteiger partial charge on any atom is -0.321 e. The average Bonchev–Trinajstić information content (AvgIpc) is 2.96. The fourth-order valence-corrected chi connectivity index (χ4v) is 3.17. The van der Waals surface area contributed by atoms with Crippen molar-refractivity contribution in [2.75, 3.05) is 12.4 Å². The molecule has 1 N–H and O–H groups in total. The van der Waals surface area contributed by atoms with Crippen LogP contribution in [-0.4, -0.2) is 27.8 Å². The van der Waals surface area contributed by atoms with Crippen LogP contribution in [0.2, 0.25) is 0 Å². The van der Waals surface area contributed by atoms with Gasteiger partial charge in [0.25, 0.3) is 0 Å². The third-order valence-corrected chi connectivity index (χ3v) is 5.44. The number of rotatable bonds is 4. The number of halogens is 2. The molecule has 1 atom stereocenters. The van der Waals surface area contributed by atoms with E-state index in [1.165, 1.54) is 11.0 Å². The molecule has 0 spiro atoms. The van der Waals surface area contributed by atoms with Gasteiger partial charge in [-0.15, -0.1) is 0 Å². The Morgan fingerprint density at radius 3 is 2.46 bits per heavy atom. The molecule has 1 heterocycles. The first-order chi connectivity index (χ1) is 13.3. The van der Waals surface area contributed by atoms with E-state index in [1.54, 1.807) is 36.9 Å². The van der Waals surface area contributed by atoms with Crippen LogP contribution in [0.5, 0.6) is 0 Å². The van der Waals surface area contributed by atoms with Crippen molar-refractivity contribution in [2.24, 2.45) is 0 Å². The zero-order valence-corrected chi connectivity index (χ0v) is 17.8. The average molecular weight is 445 g/mol. The van der Waals surface area contributed by atoms with Crippen molar-refractivity contribution in [1.29, 1.82) is 0 Å². The van der Waals surface area contributed by atoms with Crippen molar-refractivity contribution in [3.05, 3.63) is 75.6 Å². The zero-order valence-electron chi connectivity index (χ0n) is 16.2. The summed E-state index contributed by atoms with van der Waals surface area (Å²) in [6.45, 7) is 5.60. The maximum Gasteiger partial charge on any atom is 0.323 e. The van der Waals surface area contributed by atoms with E-state index in [-0.39, 0.29) is 11.8 Å². The topological polar surface area (TPSA) is 50.2 Å². The predicted molar refractivity (Wildman–Crippen MR) is 112 cm³/mol. The highest BCUT2D eigenvalue weighted by Gasteiger charge is 2.23. The van der Waals surface area contributed by atoms with Crippen molar-refractivity contribution in [1.82, 2.24) is 14.7 Å². The van der Waals surface area contributed by atoms with Gasteiger partial charge in [-0.25, -0.2) is 13.9 Å². The largest absolute Gasteiger partial charge is 0.323 e. The summed E-state index contributed by atoms with van der Waals surface area (Å²) in [6, 6.07) is 13.4. The molecule has 0 saturated heterocycles. The van der Waals surface area contributed by atoms with E-state index in [1.807, 2.05) is 38.1 Å². The molecule has 0 radical (unpaired) electrons. The summed E-state index contributed by atoms with van der Waals surface area (Å²) in [4.78, 5) is 14.4. The zero-order chi connectivity index (χ0) is 20.4. The number of carbonyl (C=O) groups is 1. The van der Waals surface area contributed by atoms with Gasteiger partial charge in [-0.05, 0) is 51.1 Å². The van der Waals surface area contributed by atoms with Crippen LogP contribution in [0.15, 0.2) is 53.0 Å². The lowest BCUT2D eigenvalue weighted by molar-refractivity contribution is 0.207. The summed E-state index contributed by atoms with van der Waals surface area (Å²) in [7, 11) is 1.65. The lowest BCUT2D eigenvalue weighted by Gasteiger charge is -2.26. The molecule has 3 rings (SSSR count). The Morgan fingerprint density at radius 2 is 1.82 bits per heavy atom. The van der Waals surface area contributed by atoms with Gasteiger partial charge in [0, 0.05) is 22.6 Å². The molecule has 0 fully saturated rings. The van der Waals surface area contributed by atoms with Crippen LogP contribution in [0.1, 0.15) is 29.8 Å². The summed E-state index contributed by atoms with van der Waals surface area (Å²) in [5.41, 5.74) is 3.00. The van der Waals surface area contributed by atoms with Gasteiger partial charge in [0.15, 0.2) is 0 Å². The Hall–Kier alpha value is -2.67. The fourth-order valence-electron chi connectivity index (χ4n) is 2.91. The number of nitrogens with zero attached hydrogens (tertiary/aromatic N) is 3. The molecule has 2 amide bonds. The fraction of sp³-hybridized carbons (Fsp3) is 0.238. The van der Waals surface area contributed by atoms with E-state index in [9.17, 15) is 9.18 Å². The Morgan fingerprint density at radius 1 is 1.18 bits per heavy atom. The second-order valence-electron chi connectivity index (χ2n) is 6.69. The number of hydrogen-bond donors (Lipinski definition) is 1. The van der Waals surface area contributed by atoms with E-state index in [4.69, 9.17) is 0 Å². The van der Waals surface area contributed by atoms with Crippen molar-refractivity contribution in [2.45, 2.75) is 26.8 Å². The number of nitrogens with one attached hydrogen (secondary N) is 1. The smallest absolute Gasteiger partial charge is 0.321 e. The maximum atomic E-state index is 14.1. The van der Waals surface area contributed by atoms with Gasteiger partial charge in [-0.2, -0.15) is 5.10 Å². The van der Waals surface area contributed by atoms with E-state index < -0.39 is 6.04 Å². The van der Waals surface area contributed by atoms with Crippen molar-refractivity contribution in [3.8, 4) is 5.69 Å². The summed E-state index contributed by atoms with van der Waals surface area (Å²) in [5, 5.41) is 7.48. The van der Waals surface area contributed by atoms with Gasteiger partial charge in [-0.3, -0.25) is 5.32 Å². The van der Waals surface area contributed by atoms with Gasteiger partial charge >= 0.3 is 6.03 Å². The highest BCUT2D eigenvalue weighted by molar-refractivity contribution is 9.10. The monoisotopic (exact) mass is 444 g/mol. The van der Waals surface area contributed by atoms with Crippen LogP contribution < -0.4 is 5.32 Å². The van der Waals surface area contributed by atoms with Crippen molar-refractivity contribution >= 4 is 27.8 Å². The van der Waals surface area contributed by atoms with Crippen molar-refractivity contribution in [3.63, 3.8) is 0 Å². The lowest BCUT2D eigenvalue weighted by atomic mass is 10.1. The SMILES string of the molecule is Cc1nn(-c2ccc(Br)cc2)c(NC(=O)N(C)[C@H](C)c2ccccc2F)c1C. The molecular formula is C21H22BrFN4O. The molecule has 0 bridgehead atoms. The Labute approximate surface area is 172 Å². The maximum absolute atomic E-state index is 14.1. The third-order valence-electron chi connectivity index (χ3n) is 4.91. The number of hydrogen-bond acceptors (Lipinski definition) is 2. The molecule has 0 saturated carbocycles. The lowest BCUT2D eigenvalue weighted by Crippen LogP contribution is -2.34. The van der Waals surface area contributed by atoms with E-state index in [2.05, 4.69) is 26.3 Å². The first kappa shape index (κ1) is 20.1. The first-order valence-corrected chi connectivity index (χ1v) is 9.69. The molecule has 7 heteroatoms. The van der Waals surface area contributed by atoms with Crippen LogP contribution >= 0.6 is 15.9 Å². The molecule has 5 nitrogen and oxygen atoms in total. The van der Waals surface area contributed by atoms with Gasteiger partial charge in [-0.1, -0.05) is 34.1 Å². The summed E-state index contributed by atoms with van der Waals surface area (Å²) < 4.78 is 16.8. The van der Waals surface area contributed by atoms with Gasteiger partial charge in [0.2, 0.25) is 0 Å². The number of aromatic nitrogens is 2. The highest BCUT2D eigenvalue weighted by atomic mass is 79.9. The summed E-state index contributed by atoms with van der Waals surface area (Å²) in [5.74, 6) is 0.263. The summed E-state index contributed by atoms with van der Waals surface area (Å²) in [6.07, 6.45) is 0. The number of benzene rings is 2.